The lowest BCUT2D eigenvalue weighted by Crippen LogP contribution is -2.27. The summed E-state index contributed by atoms with van der Waals surface area (Å²) in [6.07, 6.45) is 4.20. The maximum atomic E-state index is 13.5. The van der Waals surface area contributed by atoms with Crippen LogP contribution in [0, 0.1) is 24.4 Å². The van der Waals surface area contributed by atoms with Crippen LogP contribution in [0.15, 0.2) is 36.7 Å². The van der Waals surface area contributed by atoms with Crippen LogP contribution in [0.2, 0.25) is 0 Å². The first-order valence-electron chi connectivity index (χ1n) is 7.31. The molecule has 2 heterocycles. The van der Waals surface area contributed by atoms with E-state index in [4.69, 9.17) is 0 Å². The van der Waals surface area contributed by atoms with Crippen LogP contribution in [0.3, 0.4) is 0 Å². The maximum absolute atomic E-state index is 13.5. The third-order valence-electron chi connectivity index (χ3n) is 3.60. The fourth-order valence-electron chi connectivity index (χ4n) is 2.38. The van der Waals surface area contributed by atoms with E-state index in [9.17, 15) is 18.0 Å². The first-order chi connectivity index (χ1) is 11.5. The molecule has 0 aliphatic heterocycles. The van der Waals surface area contributed by atoms with E-state index in [0.717, 1.165) is 29.0 Å². The number of hydrogen-bond acceptors (Lipinski definition) is 2. The predicted molar refractivity (Wildman–Crippen MR) is 82.3 cm³/mol. The first-order valence-corrected chi connectivity index (χ1v) is 7.31. The molecule has 3 rings (SSSR count). The van der Waals surface area contributed by atoms with Crippen molar-refractivity contribution in [3.05, 3.63) is 70.9 Å². The van der Waals surface area contributed by atoms with E-state index in [2.05, 4.69) is 10.3 Å². The molecule has 0 saturated carbocycles. The molecule has 0 spiro atoms. The molecule has 0 fully saturated rings. The Balaban J connectivity index is 1.65. The van der Waals surface area contributed by atoms with Crippen LogP contribution in [0.1, 0.15) is 21.6 Å². The number of rotatable bonds is 4. The van der Waals surface area contributed by atoms with E-state index in [-0.39, 0.29) is 6.54 Å². The van der Waals surface area contributed by atoms with E-state index in [0.29, 0.717) is 6.42 Å². The normalized spacial score (nSPS) is 11.0. The summed E-state index contributed by atoms with van der Waals surface area (Å²) in [5.74, 6) is -5.27. The van der Waals surface area contributed by atoms with Gasteiger partial charge in [-0.05, 0) is 30.7 Å². The van der Waals surface area contributed by atoms with Crippen molar-refractivity contribution in [2.75, 3.05) is 6.54 Å². The predicted octanol–water partition coefficient (Wildman–Crippen LogP) is 3.03. The van der Waals surface area contributed by atoms with Crippen LogP contribution in [0.5, 0.6) is 0 Å². The Labute approximate surface area is 135 Å². The first kappa shape index (κ1) is 16.0. The molecule has 0 unspecified atom stereocenters. The average molecular weight is 333 g/mol. The summed E-state index contributed by atoms with van der Waals surface area (Å²) in [5.41, 5.74) is 2.10. The molecule has 1 amide bonds. The van der Waals surface area contributed by atoms with Gasteiger partial charge >= 0.3 is 0 Å². The largest absolute Gasteiger partial charge is 0.352 e. The summed E-state index contributed by atoms with van der Waals surface area (Å²) in [6.45, 7) is 2.16. The highest BCUT2D eigenvalue weighted by atomic mass is 19.2. The smallest absolute Gasteiger partial charge is 0.254 e. The molecular weight excluding hydrogens is 319 g/mol. The van der Waals surface area contributed by atoms with E-state index in [1.165, 1.54) is 0 Å². The monoisotopic (exact) mass is 333 g/mol. The Morgan fingerprint density at radius 3 is 2.71 bits per heavy atom. The van der Waals surface area contributed by atoms with Gasteiger partial charge in [-0.25, -0.2) is 18.2 Å². The molecule has 24 heavy (non-hydrogen) atoms. The number of imidazole rings is 1. The highest BCUT2D eigenvalue weighted by Gasteiger charge is 2.18. The third-order valence-corrected chi connectivity index (χ3v) is 3.60. The van der Waals surface area contributed by atoms with Gasteiger partial charge in [0.15, 0.2) is 17.5 Å². The number of pyridine rings is 1. The minimum absolute atomic E-state index is 0.195. The molecule has 0 radical (unpaired) electrons. The van der Waals surface area contributed by atoms with Crippen molar-refractivity contribution in [2.24, 2.45) is 0 Å². The average Bonchev–Trinajstić information content (AvgIpc) is 2.94. The number of fused-ring (bicyclic) bond motifs is 1. The number of carbonyl (C=O) groups is 1. The molecule has 2 aromatic heterocycles. The fourth-order valence-corrected chi connectivity index (χ4v) is 2.38. The van der Waals surface area contributed by atoms with E-state index in [1.54, 1.807) is 0 Å². The second-order valence-electron chi connectivity index (χ2n) is 5.43. The number of hydrogen-bond donors (Lipinski definition) is 1. The van der Waals surface area contributed by atoms with E-state index >= 15 is 0 Å². The molecular formula is C17H14F3N3O. The van der Waals surface area contributed by atoms with Crippen molar-refractivity contribution in [2.45, 2.75) is 13.3 Å². The SMILES string of the molecule is Cc1ccc2nc(CCNC(=O)c3ccc(F)c(F)c3F)cn2c1. The molecule has 0 saturated heterocycles. The molecule has 1 N–H and O–H groups in total. The summed E-state index contributed by atoms with van der Waals surface area (Å²) in [7, 11) is 0. The lowest BCUT2D eigenvalue weighted by Gasteiger charge is -2.06. The van der Waals surface area contributed by atoms with Crippen molar-refractivity contribution >= 4 is 11.6 Å². The van der Waals surface area contributed by atoms with Crippen molar-refractivity contribution in [1.82, 2.24) is 14.7 Å². The number of benzene rings is 1. The molecule has 124 valence electrons. The second kappa shape index (κ2) is 6.35. The van der Waals surface area contributed by atoms with Crippen molar-refractivity contribution in [3.8, 4) is 0 Å². The van der Waals surface area contributed by atoms with Crippen LogP contribution >= 0.6 is 0 Å². The summed E-state index contributed by atoms with van der Waals surface area (Å²) < 4.78 is 41.4. The Hall–Kier alpha value is -2.83. The summed E-state index contributed by atoms with van der Waals surface area (Å²) in [6, 6.07) is 5.46. The summed E-state index contributed by atoms with van der Waals surface area (Å²) in [5, 5.41) is 2.47. The Bertz CT molecular complexity index is 921. The summed E-state index contributed by atoms with van der Waals surface area (Å²) in [4.78, 5) is 16.3. The summed E-state index contributed by atoms with van der Waals surface area (Å²) >= 11 is 0. The second-order valence-corrected chi connectivity index (χ2v) is 5.43. The zero-order chi connectivity index (χ0) is 17.3. The minimum Gasteiger partial charge on any atom is -0.352 e. The number of aryl methyl sites for hydroxylation is 1. The van der Waals surface area contributed by atoms with Crippen LogP contribution in [0.25, 0.3) is 5.65 Å². The molecule has 7 heteroatoms. The van der Waals surface area contributed by atoms with E-state index < -0.39 is 28.9 Å². The molecule has 4 nitrogen and oxygen atoms in total. The highest BCUT2D eigenvalue weighted by molar-refractivity contribution is 5.94. The van der Waals surface area contributed by atoms with Crippen LogP contribution < -0.4 is 5.32 Å². The zero-order valence-corrected chi connectivity index (χ0v) is 12.8. The topological polar surface area (TPSA) is 46.4 Å². The number of halogens is 3. The molecule has 1 aromatic carbocycles. The van der Waals surface area contributed by atoms with Crippen molar-refractivity contribution in [3.63, 3.8) is 0 Å². The van der Waals surface area contributed by atoms with Gasteiger partial charge in [0.05, 0.1) is 11.3 Å². The number of aromatic nitrogens is 2. The van der Waals surface area contributed by atoms with Gasteiger partial charge in [0.1, 0.15) is 5.65 Å². The Morgan fingerprint density at radius 1 is 1.12 bits per heavy atom. The van der Waals surface area contributed by atoms with Crippen molar-refractivity contribution in [1.29, 1.82) is 0 Å². The van der Waals surface area contributed by atoms with Gasteiger partial charge in [0.25, 0.3) is 5.91 Å². The molecule has 3 aromatic rings. The minimum atomic E-state index is -1.65. The number of amides is 1. The fraction of sp³-hybridized carbons (Fsp3) is 0.176. The molecule has 0 aliphatic carbocycles. The highest BCUT2D eigenvalue weighted by Crippen LogP contribution is 2.15. The van der Waals surface area contributed by atoms with Gasteiger partial charge in [0.2, 0.25) is 0 Å². The van der Waals surface area contributed by atoms with Gasteiger partial charge < -0.3 is 9.72 Å². The van der Waals surface area contributed by atoms with Gasteiger partial charge in [-0.15, -0.1) is 0 Å². The van der Waals surface area contributed by atoms with Gasteiger partial charge in [-0.3, -0.25) is 4.79 Å². The molecule has 0 atom stereocenters. The number of nitrogens with zero attached hydrogens (tertiary/aromatic N) is 2. The Morgan fingerprint density at radius 2 is 1.92 bits per heavy atom. The molecule has 0 aliphatic rings. The third kappa shape index (κ3) is 3.10. The molecule has 0 bridgehead atoms. The van der Waals surface area contributed by atoms with Gasteiger partial charge in [-0.1, -0.05) is 6.07 Å². The van der Waals surface area contributed by atoms with Crippen molar-refractivity contribution < 1.29 is 18.0 Å². The quantitative estimate of drug-likeness (QED) is 0.746. The van der Waals surface area contributed by atoms with Crippen LogP contribution in [-0.2, 0) is 6.42 Å². The van der Waals surface area contributed by atoms with Gasteiger partial charge in [0, 0.05) is 25.4 Å². The van der Waals surface area contributed by atoms with Gasteiger partial charge in [-0.2, -0.15) is 0 Å². The number of nitrogens with one attached hydrogen (secondary N) is 1. The van der Waals surface area contributed by atoms with Crippen LogP contribution in [-0.4, -0.2) is 21.8 Å². The standard InChI is InChI=1S/C17H14F3N3O/c1-10-2-5-14-22-11(9-23(14)8-10)6-7-21-17(24)12-3-4-13(18)16(20)15(12)19/h2-5,8-9H,6-7H2,1H3,(H,21,24). The maximum Gasteiger partial charge on any atom is 0.254 e. The Kier molecular flexibility index (Phi) is 4.24. The van der Waals surface area contributed by atoms with Crippen LogP contribution in [0.4, 0.5) is 13.2 Å². The zero-order valence-electron chi connectivity index (χ0n) is 12.8. The lowest BCUT2D eigenvalue weighted by atomic mass is 10.2. The van der Waals surface area contributed by atoms with E-state index in [1.807, 2.05) is 35.9 Å². The number of carbonyl (C=O) groups excluding carboxylic acids is 1. The lowest BCUT2D eigenvalue weighted by molar-refractivity contribution is 0.0948.